The number of aromatic amines is 1. The van der Waals surface area contributed by atoms with E-state index in [1.807, 2.05) is 0 Å². The Kier molecular flexibility index (Phi) is 4.18. The quantitative estimate of drug-likeness (QED) is 0.745. The van der Waals surface area contributed by atoms with Crippen LogP contribution in [0, 0.1) is 0 Å². The molecular formula is C8H14ClN3O. The number of H-pyrrole nitrogens is 1. The van der Waals surface area contributed by atoms with E-state index in [-0.39, 0.29) is 6.10 Å². The van der Waals surface area contributed by atoms with Crippen LogP contribution < -0.4 is 0 Å². The Morgan fingerprint density at radius 1 is 1.62 bits per heavy atom. The van der Waals surface area contributed by atoms with Gasteiger partial charge in [0.1, 0.15) is 11.9 Å². The predicted octanol–water partition coefficient (Wildman–Crippen LogP) is 2.03. The normalized spacial score (nSPS) is 13.2. The zero-order valence-corrected chi connectivity index (χ0v) is 8.64. The van der Waals surface area contributed by atoms with Crippen molar-refractivity contribution in [2.45, 2.75) is 31.7 Å². The summed E-state index contributed by atoms with van der Waals surface area (Å²) in [6.45, 7) is 2.10. The molecule has 5 heteroatoms. The van der Waals surface area contributed by atoms with Crippen LogP contribution in [0.15, 0.2) is 0 Å². The number of nitrogens with one attached hydrogen (secondary N) is 1. The molecule has 0 bridgehead atoms. The molecule has 0 aliphatic carbocycles. The van der Waals surface area contributed by atoms with Crippen molar-refractivity contribution in [3.05, 3.63) is 11.6 Å². The lowest BCUT2D eigenvalue weighted by Crippen LogP contribution is -2.03. The maximum Gasteiger partial charge on any atom is 0.179 e. The highest BCUT2D eigenvalue weighted by Crippen LogP contribution is 2.17. The Bertz CT molecular complexity index is 251. The molecule has 1 unspecified atom stereocenters. The molecule has 0 radical (unpaired) electrons. The standard InChI is InChI=1S/C8H14ClN3O/c1-3-4-6(13-2)8-10-7(5-9)11-12-8/h6H,3-5H2,1-2H3,(H,10,11,12). The fourth-order valence-electron chi connectivity index (χ4n) is 1.13. The molecule has 13 heavy (non-hydrogen) atoms. The van der Waals surface area contributed by atoms with Gasteiger partial charge in [0.2, 0.25) is 0 Å². The average molecular weight is 204 g/mol. The van der Waals surface area contributed by atoms with Gasteiger partial charge in [0, 0.05) is 7.11 Å². The monoisotopic (exact) mass is 203 g/mol. The maximum atomic E-state index is 5.59. The first kappa shape index (κ1) is 10.5. The topological polar surface area (TPSA) is 50.8 Å². The fourth-order valence-corrected chi connectivity index (χ4v) is 1.25. The van der Waals surface area contributed by atoms with Gasteiger partial charge < -0.3 is 4.74 Å². The first-order valence-corrected chi connectivity index (χ1v) is 4.85. The van der Waals surface area contributed by atoms with Crippen molar-refractivity contribution in [3.8, 4) is 0 Å². The highest BCUT2D eigenvalue weighted by molar-refractivity contribution is 6.16. The van der Waals surface area contributed by atoms with E-state index in [1.165, 1.54) is 0 Å². The molecule has 1 N–H and O–H groups in total. The van der Waals surface area contributed by atoms with Crippen LogP contribution >= 0.6 is 11.6 Å². The molecule has 0 fully saturated rings. The van der Waals surface area contributed by atoms with Crippen molar-refractivity contribution in [2.75, 3.05) is 7.11 Å². The number of ether oxygens (including phenoxy) is 1. The van der Waals surface area contributed by atoms with Crippen molar-refractivity contribution in [1.29, 1.82) is 0 Å². The van der Waals surface area contributed by atoms with Crippen molar-refractivity contribution in [3.63, 3.8) is 0 Å². The first-order valence-electron chi connectivity index (χ1n) is 4.31. The molecule has 1 aromatic rings. The summed E-state index contributed by atoms with van der Waals surface area (Å²) >= 11 is 5.59. The van der Waals surface area contributed by atoms with E-state index >= 15 is 0 Å². The highest BCUT2D eigenvalue weighted by atomic mass is 35.5. The molecule has 0 spiro atoms. The summed E-state index contributed by atoms with van der Waals surface area (Å²) in [4.78, 5) is 4.19. The molecule has 74 valence electrons. The minimum absolute atomic E-state index is 0.0155. The summed E-state index contributed by atoms with van der Waals surface area (Å²) in [5.41, 5.74) is 0. The van der Waals surface area contributed by atoms with Gasteiger partial charge in [-0.05, 0) is 6.42 Å². The third-order valence-corrected chi connectivity index (χ3v) is 2.05. The molecule has 0 aromatic carbocycles. The number of hydrogen-bond acceptors (Lipinski definition) is 3. The zero-order valence-electron chi connectivity index (χ0n) is 7.88. The minimum atomic E-state index is -0.0155. The molecule has 0 aliphatic rings. The van der Waals surface area contributed by atoms with Crippen molar-refractivity contribution in [2.24, 2.45) is 0 Å². The van der Waals surface area contributed by atoms with Crippen molar-refractivity contribution in [1.82, 2.24) is 15.2 Å². The van der Waals surface area contributed by atoms with Crippen LogP contribution in [0.1, 0.15) is 37.5 Å². The van der Waals surface area contributed by atoms with Crippen LogP contribution in [-0.4, -0.2) is 22.3 Å². The highest BCUT2D eigenvalue weighted by Gasteiger charge is 2.14. The fraction of sp³-hybridized carbons (Fsp3) is 0.750. The third kappa shape index (κ3) is 2.67. The van der Waals surface area contributed by atoms with Gasteiger partial charge in [-0.1, -0.05) is 13.3 Å². The van der Waals surface area contributed by atoms with Crippen LogP contribution in [-0.2, 0) is 10.6 Å². The van der Waals surface area contributed by atoms with E-state index in [9.17, 15) is 0 Å². The van der Waals surface area contributed by atoms with Crippen LogP contribution in [0.4, 0.5) is 0 Å². The average Bonchev–Trinajstić information content (AvgIpc) is 2.62. The Morgan fingerprint density at radius 3 is 2.85 bits per heavy atom. The number of hydrogen-bond donors (Lipinski definition) is 1. The Labute approximate surface area is 82.7 Å². The molecule has 1 aromatic heterocycles. The molecule has 1 rings (SSSR count). The molecular weight excluding hydrogens is 190 g/mol. The van der Waals surface area contributed by atoms with Gasteiger partial charge in [-0.2, -0.15) is 5.10 Å². The molecule has 1 atom stereocenters. The van der Waals surface area contributed by atoms with Crippen molar-refractivity contribution >= 4 is 11.6 Å². The SMILES string of the molecule is CCCC(OC)c1n[nH]c(CCl)n1. The third-order valence-electron chi connectivity index (χ3n) is 1.80. The van der Waals surface area contributed by atoms with Gasteiger partial charge in [0.25, 0.3) is 0 Å². The second-order valence-electron chi connectivity index (χ2n) is 2.79. The summed E-state index contributed by atoms with van der Waals surface area (Å²) in [6, 6.07) is 0. The summed E-state index contributed by atoms with van der Waals surface area (Å²) in [5, 5.41) is 6.79. The van der Waals surface area contributed by atoms with E-state index in [4.69, 9.17) is 16.3 Å². The number of nitrogens with zero attached hydrogens (tertiary/aromatic N) is 2. The number of alkyl halides is 1. The number of aromatic nitrogens is 3. The van der Waals surface area contributed by atoms with E-state index in [0.29, 0.717) is 17.5 Å². The van der Waals surface area contributed by atoms with Gasteiger partial charge in [-0.15, -0.1) is 11.6 Å². The van der Waals surface area contributed by atoms with Gasteiger partial charge in [0.15, 0.2) is 5.82 Å². The maximum absolute atomic E-state index is 5.59. The zero-order chi connectivity index (χ0) is 9.68. The second-order valence-corrected chi connectivity index (χ2v) is 3.05. The summed E-state index contributed by atoms with van der Waals surface area (Å²) in [7, 11) is 1.66. The van der Waals surface area contributed by atoms with E-state index < -0.39 is 0 Å². The molecule has 0 aliphatic heterocycles. The van der Waals surface area contributed by atoms with Crippen LogP contribution in [0.25, 0.3) is 0 Å². The van der Waals surface area contributed by atoms with Crippen molar-refractivity contribution < 1.29 is 4.74 Å². The van der Waals surface area contributed by atoms with Gasteiger partial charge in [0.05, 0.1) is 5.88 Å². The van der Waals surface area contributed by atoms with E-state index in [2.05, 4.69) is 22.1 Å². The summed E-state index contributed by atoms with van der Waals surface area (Å²) < 4.78 is 5.25. The first-order chi connectivity index (χ1) is 6.31. The number of rotatable bonds is 5. The summed E-state index contributed by atoms with van der Waals surface area (Å²) in [5.74, 6) is 1.74. The number of halogens is 1. The van der Waals surface area contributed by atoms with E-state index in [0.717, 1.165) is 12.8 Å². The molecule has 1 heterocycles. The Balaban J connectivity index is 2.67. The lowest BCUT2D eigenvalue weighted by atomic mass is 10.2. The Hall–Kier alpha value is -0.610. The minimum Gasteiger partial charge on any atom is -0.373 e. The van der Waals surface area contributed by atoms with E-state index in [1.54, 1.807) is 7.11 Å². The summed E-state index contributed by atoms with van der Waals surface area (Å²) in [6.07, 6.45) is 1.96. The number of methoxy groups -OCH3 is 1. The van der Waals surface area contributed by atoms with Gasteiger partial charge >= 0.3 is 0 Å². The van der Waals surface area contributed by atoms with Gasteiger partial charge in [-0.3, -0.25) is 5.10 Å². The molecule has 0 amide bonds. The predicted molar refractivity (Wildman–Crippen MR) is 50.6 cm³/mol. The molecule has 0 saturated carbocycles. The van der Waals surface area contributed by atoms with Crippen LogP contribution in [0.3, 0.4) is 0 Å². The second kappa shape index (κ2) is 5.19. The largest absolute Gasteiger partial charge is 0.373 e. The lowest BCUT2D eigenvalue weighted by Gasteiger charge is -2.08. The van der Waals surface area contributed by atoms with Crippen LogP contribution in [0.5, 0.6) is 0 Å². The smallest absolute Gasteiger partial charge is 0.179 e. The van der Waals surface area contributed by atoms with Gasteiger partial charge in [-0.25, -0.2) is 4.98 Å². The molecule has 0 saturated heterocycles. The lowest BCUT2D eigenvalue weighted by molar-refractivity contribution is 0.0879. The molecule has 4 nitrogen and oxygen atoms in total. The van der Waals surface area contributed by atoms with Crippen LogP contribution in [0.2, 0.25) is 0 Å². The Morgan fingerprint density at radius 2 is 2.38 bits per heavy atom.